The van der Waals surface area contributed by atoms with E-state index in [0.29, 0.717) is 32.7 Å². The highest BCUT2D eigenvalue weighted by molar-refractivity contribution is 5.93. The van der Waals surface area contributed by atoms with Crippen LogP contribution in [0.4, 0.5) is 5.69 Å². The van der Waals surface area contributed by atoms with Gasteiger partial charge in [0.2, 0.25) is 17.7 Å². The Morgan fingerprint density at radius 1 is 1.00 bits per heavy atom. The van der Waals surface area contributed by atoms with Crippen molar-refractivity contribution in [1.82, 2.24) is 9.80 Å². The Morgan fingerprint density at radius 3 is 2.12 bits per heavy atom. The number of benzene rings is 1. The van der Waals surface area contributed by atoms with E-state index >= 15 is 0 Å². The Morgan fingerprint density at radius 2 is 1.60 bits per heavy atom. The molecule has 1 aromatic rings. The average molecular weight is 345 g/mol. The second-order valence-electron chi connectivity index (χ2n) is 6.60. The molecule has 0 atom stereocenters. The molecule has 1 aromatic carbocycles. The van der Waals surface area contributed by atoms with Crippen LogP contribution in [-0.4, -0.2) is 60.2 Å². The van der Waals surface area contributed by atoms with Crippen LogP contribution < -0.4 is 4.90 Å². The number of rotatable bonds is 4. The Hall–Kier alpha value is -2.37. The van der Waals surface area contributed by atoms with Gasteiger partial charge in [-0.05, 0) is 25.5 Å². The number of aryl methyl sites for hydroxylation is 2. The van der Waals surface area contributed by atoms with E-state index in [0.717, 1.165) is 16.8 Å². The summed E-state index contributed by atoms with van der Waals surface area (Å²) in [7, 11) is 0. The largest absolute Gasteiger partial charge is 0.339 e. The number of carbonyl (C=O) groups excluding carboxylic acids is 3. The predicted octanol–water partition coefficient (Wildman–Crippen LogP) is 1.74. The molecule has 0 aliphatic carbocycles. The van der Waals surface area contributed by atoms with Gasteiger partial charge >= 0.3 is 0 Å². The maximum atomic E-state index is 12.5. The molecular formula is C19H27N3O3. The van der Waals surface area contributed by atoms with Crippen molar-refractivity contribution < 1.29 is 14.4 Å². The SMILES string of the molecule is CC(=O)N1CCN(C(=O)CCN(C(C)=O)c2ccc(C)cc2C)CC1. The molecule has 6 nitrogen and oxygen atoms in total. The highest BCUT2D eigenvalue weighted by Gasteiger charge is 2.23. The number of carbonyl (C=O) groups is 3. The van der Waals surface area contributed by atoms with Gasteiger partial charge in [-0.1, -0.05) is 17.7 Å². The molecule has 0 radical (unpaired) electrons. The summed E-state index contributed by atoms with van der Waals surface area (Å²) in [6.07, 6.45) is 0.285. The van der Waals surface area contributed by atoms with Gasteiger partial charge in [-0.2, -0.15) is 0 Å². The third kappa shape index (κ3) is 4.81. The van der Waals surface area contributed by atoms with Gasteiger partial charge in [0.1, 0.15) is 0 Å². The summed E-state index contributed by atoms with van der Waals surface area (Å²) in [4.78, 5) is 41.1. The number of anilines is 1. The standard InChI is InChI=1S/C19H27N3O3/c1-14-5-6-18(15(2)13-14)22(17(4)24)8-7-19(25)21-11-9-20(10-12-21)16(3)23/h5-6,13H,7-12H2,1-4H3. The van der Waals surface area contributed by atoms with Gasteiger partial charge in [0, 0.05) is 58.7 Å². The summed E-state index contributed by atoms with van der Waals surface area (Å²) < 4.78 is 0. The third-order valence-electron chi connectivity index (χ3n) is 4.65. The normalized spacial score (nSPS) is 14.4. The second-order valence-corrected chi connectivity index (χ2v) is 6.60. The first-order valence-corrected chi connectivity index (χ1v) is 8.68. The molecule has 0 bridgehead atoms. The average Bonchev–Trinajstić information content (AvgIpc) is 2.56. The van der Waals surface area contributed by atoms with Gasteiger partial charge in [-0.3, -0.25) is 14.4 Å². The zero-order chi connectivity index (χ0) is 18.6. The Balaban J connectivity index is 1.96. The fraction of sp³-hybridized carbons (Fsp3) is 0.526. The van der Waals surface area contributed by atoms with Crippen molar-refractivity contribution in [3.05, 3.63) is 29.3 Å². The van der Waals surface area contributed by atoms with Crippen molar-refractivity contribution >= 4 is 23.4 Å². The molecular weight excluding hydrogens is 318 g/mol. The van der Waals surface area contributed by atoms with Gasteiger partial charge in [-0.25, -0.2) is 0 Å². The van der Waals surface area contributed by atoms with Crippen LogP contribution in [0.3, 0.4) is 0 Å². The molecule has 0 saturated carbocycles. The van der Waals surface area contributed by atoms with E-state index in [-0.39, 0.29) is 24.1 Å². The molecule has 1 heterocycles. The first kappa shape index (κ1) is 19.0. The van der Waals surface area contributed by atoms with Crippen LogP contribution in [0.2, 0.25) is 0 Å². The monoisotopic (exact) mass is 345 g/mol. The van der Waals surface area contributed by atoms with Crippen LogP contribution in [0, 0.1) is 13.8 Å². The zero-order valence-electron chi connectivity index (χ0n) is 15.5. The highest BCUT2D eigenvalue weighted by atomic mass is 16.2. The minimum atomic E-state index is -0.0684. The van der Waals surface area contributed by atoms with Crippen molar-refractivity contribution in [3.8, 4) is 0 Å². The van der Waals surface area contributed by atoms with Gasteiger partial charge in [0.15, 0.2) is 0 Å². The molecule has 1 fully saturated rings. The van der Waals surface area contributed by atoms with E-state index in [1.165, 1.54) is 6.92 Å². The molecule has 0 aromatic heterocycles. The zero-order valence-corrected chi connectivity index (χ0v) is 15.5. The maximum absolute atomic E-state index is 12.5. The molecule has 3 amide bonds. The third-order valence-corrected chi connectivity index (χ3v) is 4.65. The molecule has 0 spiro atoms. The minimum absolute atomic E-state index is 0.0271. The van der Waals surface area contributed by atoms with Crippen molar-refractivity contribution in [2.24, 2.45) is 0 Å². The van der Waals surface area contributed by atoms with E-state index < -0.39 is 0 Å². The lowest BCUT2D eigenvalue weighted by Crippen LogP contribution is -2.50. The van der Waals surface area contributed by atoms with Crippen molar-refractivity contribution in [3.63, 3.8) is 0 Å². The summed E-state index contributed by atoms with van der Waals surface area (Å²) in [6, 6.07) is 5.94. The van der Waals surface area contributed by atoms with Gasteiger partial charge in [-0.15, -0.1) is 0 Å². The molecule has 1 aliphatic heterocycles. The van der Waals surface area contributed by atoms with Crippen LogP contribution in [-0.2, 0) is 14.4 Å². The molecule has 136 valence electrons. The Labute approximate surface area is 149 Å². The lowest BCUT2D eigenvalue weighted by molar-refractivity contribution is -0.138. The van der Waals surface area contributed by atoms with Gasteiger partial charge < -0.3 is 14.7 Å². The number of hydrogen-bond donors (Lipinski definition) is 0. The minimum Gasteiger partial charge on any atom is -0.339 e. The molecule has 2 rings (SSSR count). The van der Waals surface area contributed by atoms with E-state index in [1.54, 1.807) is 21.6 Å². The fourth-order valence-corrected chi connectivity index (χ4v) is 3.19. The van der Waals surface area contributed by atoms with Gasteiger partial charge in [0.05, 0.1) is 0 Å². The van der Waals surface area contributed by atoms with E-state index in [9.17, 15) is 14.4 Å². The van der Waals surface area contributed by atoms with Crippen LogP contribution in [0.15, 0.2) is 18.2 Å². The smallest absolute Gasteiger partial charge is 0.224 e. The Kier molecular flexibility index (Phi) is 6.17. The number of piperazine rings is 1. The summed E-state index contributed by atoms with van der Waals surface area (Å²) in [5.74, 6) is 0.00469. The summed E-state index contributed by atoms with van der Waals surface area (Å²) in [5.41, 5.74) is 3.02. The topological polar surface area (TPSA) is 60.9 Å². The van der Waals surface area contributed by atoms with E-state index in [2.05, 4.69) is 0 Å². The van der Waals surface area contributed by atoms with Crippen LogP contribution >= 0.6 is 0 Å². The molecule has 0 N–H and O–H groups in total. The fourth-order valence-electron chi connectivity index (χ4n) is 3.19. The van der Waals surface area contributed by atoms with Crippen LogP contribution in [0.1, 0.15) is 31.4 Å². The van der Waals surface area contributed by atoms with Crippen LogP contribution in [0.5, 0.6) is 0 Å². The van der Waals surface area contributed by atoms with Crippen molar-refractivity contribution in [2.45, 2.75) is 34.1 Å². The summed E-state index contributed by atoms with van der Waals surface area (Å²) in [6.45, 7) is 9.69. The summed E-state index contributed by atoms with van der Waals surface area (Å²) >= 11 is 0. The quantitative estimate of drug-likeness (QED) is 0.835. The highest BCUT2D eigenvalue weighted by Crippen LogP contribution is 2.22. The molecule has 1 saturated heterocycles. The number of amides is 3. The Bertz CT molecular complexity index is 664. The number of nitrogens with zero attached hydrogens (tertiary/aromatic N) is 3. The predicted molar refractivity (Wildman–Crippen MR) is 97.4 cm³/mol. The second kappa shape index (κ2) is 8.14. The maximum Gasteiger partial charge on any atom is 0.224 e. The van der Waals surface area contributed by atoms with Crippen molar-refractivity contribution in [1.29, 1.82) is 0 Å². The lowest BCUT2D eigenvalue weighted by Gasteiger charge is -2.34. The van der Waals surface area contributed by atoms with Crippen LogP contribution in [0.25, 0.3) is 0 Å². The first-order valence-electron chi connectivity index (χ1n) is 8.68. The lowest BCUT2D eigenvalue weighted by atomic mass is 10.1. The van der Waals surface area contributed by atoms with E-state index in [1.807, 2.05) is 32.0 Å². The van der Waals surface area contributed by atoms with Gasteiger partial charge in [0.25, 0.3) is 0 Å². The molecule has 25 heavy (non-hydrogen) atoms. The first-order chi connectivity index (χ1) is 11.8. The molecule has 0 unspecified atom stereocenters. The van der Waals surface area contributed by atoms with Crippen molar-refractivity contribution in [2.75, 3.05) is 37.6 Å². The number of hydrogen-bond acceptors (Lipinski definition) is 3. The summed E-state index contributed by atoms with van der Waals surface area (Å²) in [5, 5.41) is 0. The molecule has 6 heteroatoms. The van der Waals surface area contributed by atoms with E-state index in [4.69, 9.17) is 0 Å². The molecule has 1 aliphatic rings.